The van der Waals surface area contributed by atoms with Crippen molar-refractivity contribution in [3.05, 3.63) is 18.2 Å². The number of benzene rings is 1. The molecule has 1 unspecified atom stereocenters. The van der Waals surface area contributed by atoms with Crippen LogP contribution in [0.2, 0.25) is 0 Å². The average Bonchev–Trinajstić information content (AvgIpc) is 2.47. The van der Waals surface area contributed by atoms with Crippen LogP contribution >= 0.6 is 0 Å². The van der Waals surface area contributed by atoms with Gasteiger partial charge >= 0.3 is 0 Å². The first kappa shape index (κ1) is 14.0. The monoisotopic (exact) mass is 262 g/mol. The van der Waals surface area contributed by atoms with Crippen molar-refractivity contribution in [3.63, 3.8) is 0 Å². The van der Waals surface area contributed by atoms with Gasteiger partial charge in [0, 0.05) is 12.1 Å². The van der Waals surface area contributed by atoms with Gasteiger partial charge in [-0.1, -0.05) is 26.2 Å². The molecule has 1 aliphatic rings. The molecule has 3 heteroatoms. The highest BCUT2D eigenvalue weighted by Gasteiger charge is 2.22. The van der Waals surface area contributed by atoms with Crippen LogP contribution in [0.4, 0.5) is 11.4 Å². The fourth-order valence-electron chi connectivity index (χ4n) is 3.09. The van der Waals surface area contributed by atoms with Gasteiger partial charge in [-0.25, -0.2) is 0 Å². The van der Waals surface area contributed by atoms with Crippen molar-refractivity contribution < 1.29 is 4.74 Å². The van der Waals surface area contributed by atoms with Crippen molar-refractivity contribution in [1.82, 2.24) is 0 Å². The summed E-state index contributed by atoms with van der Waals surface area (Å²) in [4.78, 5) is 0. The van der Waals surface area contributed by atoms with E-state index in [1.165, 1.54) is 32.1 Å². The van der Waals surface area contributed by atoms with E-state index < -0.39 is 0 Å². The van der Waals surface area contributed by atoms with E-state index in [0.29, 0.717) is 6.04 Å². The van der Waals surface area contributed by atoms with Crippen LogP contribution in [0.25, 0.3) is 0 Å². The largest absolute Gasteiger partial charge is 0.497 e. The number of rotatable bonds is 5. The van der Waals surface area contributed by atoms with E-state index in [4.69, 9.17) is 10.5 Å². The van der Waals surface area contributed by atoms with Gasteiger partial charge in [0.05, 0.1) is 18.5 Å². The van der Waals surface area contributed by atoms with Crippen molar-refractivity contribution in [3.8, 4) is 5.75 Å². The van der Waals surface area contributed by atoms with E-state index >= 15 is 0 Å². The fraction of sp³-hybridized carbons (Fsp3) is 0.625. The quantitative estimate of drug-likeness (QED) is 0.787. The number of methoxy groups -OCH3 is 1. The molecule has 2 rings (SSSR count). The van der Waals surface area contributed by atoms with Gasteiger partial charge in [0.1, 0.15) is 5.75 Å². The van der Waals surface area contributed by atoms with Crippen LogP contribution in [-0.4, -0.2) is 13.2 Å². The number of ether oxygens (including phenoxy) is 1. The molecule has 1 aromatic rings. The molecule has 0 aromatic heterocycles. The Kier molecular flexibility index (Phi) is 4.94. The Morgan fingerprint density at radius 3 is 2.63 bits per heavy atom. The topological polar surface area (TPSA) is 47.3 Å². The molecule has 106 valence electrons. The first-order valence-electron chi connectivity index (χ1n) is 7.44. The van der Waals surface area contributed by atoms with Gasteiger partial charge in [0.15, 0.2) is 0 Å². The van der Waals surface area contributed by atoms with Crippen LogP contribution in [0.5, 0.6) is 5.75 Å². The van der Waals surface area contributed by atoms with E-state index in [1.807, 2.05) is 18.2 Å². The number of nitrogens with two attached hydrogens (primary N) is 1. The van der Waals surface area contributed by atoms with E-state index in [1.54, 1.807) is 7.11 Å². The lowest BCUT2D eigenvalue weighted by molar-refractivity contribution is 0.313. The molecule has 0 saturated heterocycles. The summed E-state index contributed by atoms with van der Waals surface area (Å²) >= 11 is 0. The molecule has 0 radical (unpaired) electrons. The van der Waals surface area contributed by atoms with Crippen LogP contribution in [0.15, 0.2) is 18.2 Å². The summed E-state index contributed by atoms with van der Waals surface area (Å²) < 4.78 is 5.19. The summed E-state index contributed by atoms with van der Waals surface area (Å²) in [6, 6.07) is 6.41. The number of nitrogen functional groups attached to an aromatic ring is 1. The zero-order valence-corrected chi connectivity index (χ0v) is 12.1. The Labute approximate surface area is 116 Å². The molecule has 3 N–H and O–H groups in total. The van der Waals surface area contributed by atoms with Crippen molar-refractivity contribution in [2.75, 3.05) is 18.2 Å². The summed E-state index contributed by atoms with van der Waals surface area (Å²) in [6.45, 7) is 2.26. The van der Waals surface area contributed by atoms with Crippen molar-refractivity contribution >= 4 is 11.4 Å². The molecule has 3 nitrogen and oxygen atoms in total. The van der Waals surface area contributed by atoms with E-state index in [-0.39, 0.29) is 0 Å². The third-order valence-electron chi connectivity index (χ3n) is 4.26. The molecule has 1 atom stereocenters. The Balaban J connectivity index is 2.04. The highest BCUT2D eigenvalue weighted by molar-refractivity contribution is 5.68. The van der Waals surface area contributed by atoms with Gasteiger partial charge in [0.25, 0.3) is 0 Å². The van der Waals surface area contributed by atoms with Gasteiger partial charge in [-0.3, -0.25) is 0 Å². The maximum absolute atomic E-state index is 6.09. The Morgan fingerprint density at radius 1 is 1.32 bits per heavy atom. The Morgan fingerprint density at radius 2 is 2.05 bits per heavy atom. The molecule has 0 heterocycles. The Bertz CT molecular complexity index is 400. The highest BCUT2D eigenvalue weighted by atomic mass is 16.5. The smallest absolute Gasteiger partial charge is 0.121 e. The molecule has 0 amide bonds. The summed E-state index contributed by atoms with van der Waals surface area (Å²) in [5.74, 6) is 1.61. The van der Waals surface area contributed by atoms with Crippen LogP contribution in [0.1, 0.15) is 45.4 Å². The van der Waals surface area contributed by atoms with Crippen LogP contribution in [0.3, 0.4) is 0 Å². The Hall–Kier alpha value is -1.38. The van der Waals surface area contributed by atoms with Gasteiger partial charge in [-0.15, -0.1) is 0 Å². The molecule has 1 saturated carbocycles. The molecule has 1 fully saturated rings. The second-order valence-corrected chi connectivity index (χ2v) is 5.51. The lowest BCUT2D eigenvalue weighted by Gasteiger charge is -2.31. The minimum absolute atomic E-state index is 0.538. The summed E-state index contributed by atoms with van der Waals surface area (Å²) in [5.41, 5.74) is 7.90. The average molecular weight is 262 g/mol. The standard InChI is InChI=1S/C16H26N2O/c1-3-15(12-7-5-4-6-8-12)18-16-10-9-13(19-2)11-14(16)17/h9-12,15,18H,3-8,17H2,1-2H3. The third-order valence-corrected chi connectivity index (χ3v) is 4.26. The zero-order chi connectivity index (χ0) is 13.7. The molecule has 1 aromatic carbocycles. The lowest BCUT2D eigenvalue weighted by Crippen LogP contribution is -2.30. The second-order valence-electron chi connectivity index (χ2n) is 5.51. The van der Waals surface area contributed by atoms with Crippen LogP contribution < -0.4 is 15.8 Å². The molecule has 0 spiro atoms. The zero-order valence-electron chi connectivity index (χ0n) is 12.1. The molecular formula is C16H26N2O. The van der Waals surface area contributed by atoms with Gasteiger partial charge in [-0.05, 0) is 37.3 Å². The predicted molar refractivity (Wildman–Crippen MR) is 81.7 cm³/mol. The summed E-state index contributed by atoms with van der Waals surface area (Å²) in [5, 5.41) is 3.64. The first-order valence-corrected chi connectivity index (χ1v) is 7.44. The lowest BCUT2D eigenvalue weighted by atomic mass is 9.83. The van der Waals surface area contributed by atoms with Crippen LogP contribution in [-0.2, 0) is 0 Å². The first-order chi connectivity index (χ1) is 9.24. The number of hydrogen-bond acceptors (Lipinski definition) is 3. The normalized spacial score (nSPS) is 18.0. The summed E-state index contributed by atoms with van der Waals surface area (Å²) in [6.07, 6.45) is 8.00. The second kappa shape index (κ2) is 6.69. The molecule has 0 bridgehead atoms. The van der Waals surface area contributed by atoms with Gasteiger partial charge in [-0.2, -0.15) is 0 Å². The van der Waals surface area contributed by atoms with E-state index in [9.17, 15) is 0 Å². The molecular weight excluding hydrogens is 236 g/mol. The molecule has 1 aliphatic carbocycles. The van der Waals surface area contributed by atoms with Crippen molar-refractivity contribution in [1.29, 1.82) is 0 Å². The minimum Gasteiger partial charge on any atom is -0.497 e. The van der Waals surface area contributed by atoms with E-state index in [2.05, 4.69) is 12.2 Å². The van der Waals surface area contributed by atoms with Crippen molar-refractivity contribution in [2.45, 2.75) is 51.5 Å². The number of hydrogen-bond donors (Lipinski definition) is 2. The maximum Gasteiger partial charge on any atom is 0.121 e. The van der Waals surface area contributed by atoms with Crippen LogP contribution in [0, 0.1) is 5.92 Å². The molecule has 19 heavy (non-hydrogen) atoms. The summed E-state index contributed by atoms with van der Waals surface area (Å²) in [7, 11) is 1.67. The highest BCUT2D eigenvalue weighted by Crippen LogP contribution is 2.31. The SMILES string of the molecule is CCC(Nc1ccc(OC)cc1N)C1CCCCC1. The third kappa shape index (κ3) is 3.55. The minimum atomic E-state index is 0.538. The maximum atomic E-state index is 6.09. The molecule has 0 aliphatic heterocycles. The number of anilines is 2. The van der Waals surface area contributed by atoms with Gasteiger partial charge in [0.2, 0.25) is 0 Å². The fourth-order valence-corrected chi connectivity index (χ4v) is 3.09. The number of nitrogens with one attached hydrogen (secondary N) is 1. The predicted octanol–water partition coefficient (Wildman–Crippen LogP) is 4.05. The van der Waals surface area contributed by atoms with E-state index in [0.717, 1.165) is 29.5 Å². The van der Waals surface area contributed by atoms with Crippen molar-refractivity contribution in [2.24, 2.45) is 5.92 Å². The van der Waals surface area contributed by atoms with Gasteiger partial charge < -0.3 is 15.8 Å².